The molecule has 114 valence electrons. The lowest BCUT2D eigenvalue weighted by atomic mass is 10.1. The number of hydrogen-bond acceptors (Lipinski definition) is 3. The number of carbonyl (C=O) groups is 3. The van der Waals surface area contributed by atoms with Crippen LogP contribution in [-0.2, 0) is 4.79 Å². The lowest BCUT2D eigenvalue weighted by molar-refractivity contribution is -0.120. The normalized spacial score (nSPS) is 9.81. The van der Waals surface area contributed by atoms with Gasteiger partial charge in [0.05, 0.1) is 12.1 Å². The smallest absolute Gasteiger partial charge is 0.335 e. The molecule has 0 radical (unpaired) electrons. The van der Waals surface area contributed by atoms with Crippen LogP contribution >= 0.6 is 0 Å². The van der Waals surface area contributed by atoms with Gasteiger partial charge in [0, 0.05) is 12.2 Å². The highest BCUT2D eigenvalue weighted by Gasteiger charge is 2.09. The van der Waals surface area contributed by atoms with Crippen molar-refractivity contribution in [1.82, 2.24) is 10.6 Å². The van der Waals surface area contributed by atoms with Crippen molar-refractivity contribution in [3.8, 4) is 0 Å². The average Bonchev–Trinajstić information content (AvgIpc) is 2.42. The number of aromatic carboxylic acids is 1. The first-order chi connectivity index (χ1) is 9.93. The van der Waals surface area contributed by atoms with E-state index in [1.54, 1.807) is 13.0 Å². The fourth-order valence-corrected chi connectivity index (χ4v) is 1.64. The zero-order valence-electron chi connectivity index (χ0n) is 12.0. The summed E-state index contributed by atoms with van der Waals surface area (Å²) in [5.74, 6) is -1.28. The van der Waals surface area contributed by atoms with E-state index in [2.05, 4.69) is 16.0 Å². The number of hydrogen-bond donors (Lipinski definition) is 4. The second-order valence-electron chi connectivity index (χ2n) is 4.49. The molecule has 0 aliphatic rings. The fraction of sp³-hybridized carbons (Fsp3) is 0.357. The van der Waals surface area contributed by atoms with E-state index in [0.717, 1.165) is 6.42 Å². The van der Waals surface area contributed by atoms with Crippen LogP contribution in [0.15, 0.2) is 18.2 Å². The maximum atomic E-state index is 11.6. The number of aryl methyl sites for hydroxylation is 1. The minimum absolute atomic E-state index is 0.113. The van der Waals surface area contributed by atoms with Gasteiger partial charge < -0.3 is 21.1 Å². The Bertz CT molecular complexity index is 543. The molecule has 0 atom stereocenters. The first-order valence-electron chi connectivity index (χ1n) is 6.59. The Hall–Kier alpha value is -2.57. The fourth-order valence-electron chi connectivity index (χ4n) is 1.64. The highest BCUT2D eigenvalue weighted by atomic mass is 16.4. The lowest BCUT2D eigenvalue weighted by Gasteiger charge is -2.09. The highest BCUT2D eigenvalue weighted by Crippen LogP contribution is 2.15. The number of carbonyl (C=O) groups excluding carboxylic acids is 2. The van der Waals surface area contributed by atoms with E-state index in [0.29, 0.717) is 17.8 Å². The van der Waals surface area contributed by atoms with Gasteiger partial charge in [-0.2, -0.15) is 0 Å². The van der Waals surface area contributed by atoms with Crippen LogP contribution in [0.5, 0.6) is 0 Å². The molecule has 0 spiro atoms. The molecule has 1 rings (SSSR count). The van der Waals surface area contributed by atoms with Crippen molar-refractivity contribution < 1.29 is 19.5 Å². The van der Waals surface area contributed by atoms with E-state index in [1.165, 1.54) is 12.1 Å². The van der Waals surface area contributed by atoms with Crippen LogP contribution in [0.25, 0.3) is 0 Å². The molecule has 0 saturated carbocycles. The molecule has 0 fully saturated rings. The summed E-state index contributed by atoms with van der Waals surface area (Å²) in [5.41, 5.74) is 1.19. The SMILES string of the molecule is CCCNC(=O)CNC(=O)Nc1ccc(C(=O)O)c(C)c1. The van der Waals surface area contributed by atoms with E-state index in [4.69, 9.17) is 5.11 Å². The van der Waals surface area contributed by atoms with Gasteiger partial charge in [0.1, 0.15) is 0 Å². The Labute approximate surface area is 122 Å². The lowest BCUT2D eigenvalue weighted by Crippen LogP contribution is -2.39. The first kappa shape index (κ1) is 16.5. The predicted octanol–water partition coefficient (Wildman–Crippen LogP) is 1.34. The zero-order valence-corrected chi connectivity index (χ0v) is 12.0. The van der Waals surface area contributed by atoms with Crippen molar-refractivity contribution in [3.05, 3.63) is 29.3 Å². The van der Waals surface area contributed by atoms with E-state index in [9.17, 15) is 14.4 Å². The Kier molecular flexibility index (Phi) is 6.19. The number of benzene rings is 1. The third-order valence-electron chi connectivity index (χ3n) is 2.70. The minimum atomic E-state index is -1.02. The van der Waals surface area contributed by atoms with Crippen LogP contribution in [0.4, 0.5) is 10.5 Å². The summed E-state index contributed by atoms with van der Waals surface area (Å²) in [4.78, 5) is 33.8. The van der Waals surface area contributed by atoms with Gasteiger partial charge in [-0.15, -0.1) is 0 Å². The first-order valence-corrected chi connectivity index (χ1v) is 6.59. The number of anilines is 1. The predicted molar refractivity (Wildman–Crippen MR) is 78.5 cm³/mol. The zero-order chi connectivity index (χ0) is 15.8. The van der Waals surface area contributed by atoms with Crippen LogP contribution in [0, 0.1) is 6.92 Å². The second kappa shape index (κ2) is 7.88. The molecule has 7 nitrogen and oxygen atoms in total. The van der Waals surface area contributed by atoms with E-state index in [1.807, 2.05) is 6.92 Å². The summed E-state index contributed by atoms with van der Waals surface area (Å²) in [6.45, 7) is 4.03. The van der Waals surface area contributed by atoms with Crippen molar-refractivity contribution in [2.45, 2.75) is 20.3 Å². The van der Waals surface area contributed by atoms with Crippen molar-refractivity contribution >= 4 is 23.6 Å². The molecule has 0 aliphatic heterocycles. The molecule has 0 aromatic heterocycles. The molecule has 0 bridgehead atoms. The Balaban J connectivity index is 2.50. The highest BCUT2D eigenvalue weighted by molar-refractivity contribution is 5.94. The number of carboxylic acids is 1. The third kappa shape index (κ3) is 5.52. The van der Waals surface area contributed by atoms with E-state index >= 15 is 0 Å². The van der Waals surface area contributed by atoms with Crippen molar-refractivity contribution in [2.24, 2.45) is 0 Å². The van der Waals surface area contributed by atoms with Gasteiger partial charge >= 0.3 is 12.0 Å². The van der Waals surface area contributed by atoms with Gasteiger partial charge in [0.2, 0.25) is 5.91 Å². The van der Waals surface area contributed by atoms with E-state index < -0.39 is 12.0 Å². The van der Waals surface area contributed by atoms with Crippen LogP contribution in [0.2, 0.25) is 0 Å². The van der Waals surface area contributed by atoms with Gasteiger partial charge in [0.25, 0.3) is 0 Å². The number of rotatable bonds is 6. The molecule has 7 heteroatoms. The second-order valence-corrected chi connectivity index (χ2v) is 4.49. The van der Waals surface area contributed by atoms with Crippen molar-refractivity contribution in [3.63, 3.8) is 0 Å². The van der Waals surface area contributed by atoms with E-state index in [-0.39, 0.29) is 18.0 Å². The van der Waals surface area contributed by atoms with Gasteiger partial charge in [-0.1, -0.05) is 6.92 Å². The molecular formula is C14H19N3O4. The summed E-state index contributed by atoms with van der Waals surface area (Å²) < 4.78 is 0. The molecule has 4 N–H and O–H groups in total. The van der Waals surface area contributed by atoms with Crippen LogP contribution in [-0.4, -0.2) is 36.1 Å². The number of urea groups is 1. The molecular weight excluding hydrogens is 274 g/mol. The molecule has 1 aromatic rings. The Morgan fingerprint density at radius 2 is 1.90 bits per heavy atom. The van der Waals surface area contributed by atoms with Crippen molar-refractivity contribution in [2.75, 3.05) is 18.4 Å². The molecule has 0 heterocycles. The molecule has 0 saturated heterocycles. The summed E-state index contributed by atoms with van der Waals surface area (Å²) in [6.07, 6.45) is 0.827. The Morgan fingerprint density at radius 3 is 2.48 bits per heavy atom. The van der Waals surface area contributed by atoms with Gasteiger partial charge in [0.15, 0.2) is 0 Å². The van der Waals surface area contributed by atoms with Crippen LogP contribution < -0.4 is 16.0 Å². The number of nitrogens with one attached hydrogen (secondary N) is 3. The largest absolute Gasteiger partial charge is 0.478 e. The summed E-state index contributed by atoms with van der Waals surface area (Å²) in [6, 6.07) is 3.94. The molecule has 0 aliphatic carbocycles. The maximum Gasteiger partial charge on any atom is 0.335 e. The van der Waals surface area contributed by atoms with Gasteiger partial charge in [-0.3, -0.25) is 4.79 Å². The average molecular weight is 293 g/mol. The summed E-state index contributed by atoms with van der Waals surface area (Å²) >= 11 is 0. The summed E-state index contributed by atoms with van der Waals surface area (Å²) in [7, 11) is 0. The van der Waals surface area contributed by atoms with Crippen LogP contribution in [0.3, 0.4) is 0 Å². The maximum absolute atomic E-state index is 11.6. The molecule has 21 heavy (non-hydrogen) atoms. The monoisotopic (exact) mass is 293 g/mol. The Morgan fingerprint density at radius 1 is 1.19 bits per heavy atom. The standard InChI is InChI=1S/C14H19N3O4/c1-3-6-15-12(18)8-16-14(21)17-10-4-5-11(13(19)20)9(2)7-10/h4-5,7H,3,6,8H2,1-2H3,(H,15,18)(H,19,20)(H2,16,17,21). The third-order valence-corrected chi connectivity index (χ3v) is 2.70. The number of amides is 3. The number of carboxylic acid groups (broad SMARTS) is 1. The molecule has 1 aromatic carbocycles. The quantitative estimate of drug-likeness (QED) is 0.634. The summed E-state index contributed by atoms with van der Waals surface area (Å²) in [5, 5.41) is 16.5. The molecule has 0 unspecified atom stereocenters. The molecule has 3 amide bonds. The topological polar surface area (TPSA) is 108 Å². The van der Waals surface area contributed by atoms with Gasteiger partial charge in [-0.25, -0.2) is 9.59 Å². The van der Waals surface area contributed by atoms with Crippen molar-refractivity contribution in [1.29, 1.82) is 0 Å². The van der Waals surface area contributed by atoms with Gasteiger partial charge in [-0.05, 0) is 37.1 Å². The van der Waals surface area contributed by atoms with Crippen LogP contribution in [0.1, 0.15) is 29.3 Å². The minimum Gasteiger partial charge on any atom is -0.478 e.